The Morgan fingerprint density at radius 1 is 1.36 bits per heavy atom. The molecule has 0 aliphatic heterocycles. The van der Waals surface area contributed by atoms with Crippen molar-refractivity contribution >= 4 is 6.08 Å². The Morgan fingerprint density at radius 3 is 3.00 bits per heavy atom. The van der Waals surface area contributed by atoms with Crippen molar-refractivity contribution in [2.24, 2.45) is 0 Å². The Labute approximate surface area is 63.2 Å². The van der Waals surface area contributed by atoms with Crippen molar-refractivity contribution in [2.45, 2.75) is 6.42 Å². The van der Waals surface area contributed by atoms with E-state index in [9.17, 15) is 8.78 Å². The summed E-state index contributed by atoms with van der Waals surface area (Å²) in [6, 6.07) is 3.30. The van der Waals surface area contributed by atoms with Crippen LogP contribution in [0, 0.1) is 17.7 Å². The van der Waals surface area contributed by atoms with Crippen LogP contribution in [-0.4, -0.2) is 0 Å². The minimum atomic E-state index is -0.620. The van der Waals surface area contributed by atoms with E-state index in [1.807, 2.05) is 6.07 Å². The summed E-state index contributed by atoms with van der Waals surface area (Å²) in [5.41, 5.74) is 1.19. The number of benzene rings is 1. The highest BCUT2D eigenvalue weighted by Crippen LogP contribution is 2.22. The second-order valence-corrected chi connectivity index (χ2v) is 2.48. The normalized spacial score (nSPS) is 13.6. The molecule has 0 unspecified atom stereocenters. The molecule has 0 aromatic heterocycles. The lowest BCUT2D eigenvalue weighted by molar-refractivity contribution is 0.576. The SMILES string of the molecule is Fc1[c]c(F)c2c(c1)CC=C2. The fourth-order valence-electron chi connectivity index (χ4n) is 1.23. The summed E-state index contributed by atoms with van der Waals surface area (Å²) in [5.74, 6) is -1.21. The fourth-order valence-corrected chi connectivity index (χ4v) is 1.23. The minimum Gasteiger partial charge on any atom is -0.206 e. The van der Waals surface area contributed by atoms with Gasteiger partial charge in [0.2, 0.25) is 0 Å². The number of hydrogen-bond acceptors (Lipinski definition) is 0. The molecule has 0 N–H and O–H groups in total. The Bertz CT molecular complexity index is 327. The van der Waals surface area contributed by atoms with E-state index in [4.69, 9.17) is 0 Å². The summed E-state index contributed by atoms with van der Waals surface area (Å²) < 4.78 is 25.3. The van der Waals surface area contributed by atoms with Gasteiger partial charge in [-0.25, -0.2) is 8.78 Å². The van der Waals surface area contributed by atoms with Crippen LogP contribution < -0.4 is 0 Å². The zero-order valence-corrected chi connectivity index (χ0v) is 5.70. The Kier molecular flexibility index (Phi) is 1.28. The maximum atomic E-state index is 12.8. The predicted molar refractivity (Wildman–Crippen MR) is 37.9 cm³/mol. The van der Waals surface area contributed by atoms with Crippen LogP contribution in [0.2, 0.25) is 0 Å². The molecule has 1 aliphatic rings. The van der Waals surface area contributed by atoms with Gasteiger partial charge in [-0.1, -0.05) is 12.2 Å². The van der Waals surface area contributed by atoms with Crippen LogP contribution in [-0.2, 0) is 6.42 Å². The molecule has 0 nitrogen and oxygen atoms in total. The minimum absolute atomic E-state index is 0.478. The zero-order chi connectivity index (χ0) is 7.84. The fraction of sp³-hybridized carbons (Fsp3) is 0.111. The quantitative estimate of drug-likeness (QED) is 0.533. The molecule has 2 rings (SSSR count). The van der Waals surface area contributed by atoms with Crippen molar-refractivity contribution in [1.29, 1.82) is 0 Å². The molecular weight excluding hydrogens is 146 g/mol. The average Bonchev–Trinajstić information content (AvgIpc) is 2.34. The van der Waals surface area contributed by atoms with E-state index < -0.39 is 11.6 Å². The molecule has 0 saturated carbocycles. The zero-order valence-electron chi connectivity index (χ0n) is 5.70. The molecule has 0 amide bonds. The summed E-state index contributed by atoms with van der Waals surface area (Å²) >= 11 is 0. The van der Waals surface area contributed by atoms with Gasteiger partial charge in [-0.15, -0.1) is 0 Å². The first-order valence-electron chi connectivity index (χ1n) is 3.34. The number of rotatable bonds is 0. The van der Waals surface area contributed by atoms with Crippen molar-refractivity contribution in [2.75, 3.05) is 0 Å². The lowest BCUT2D eigenvalue weighted by Crippen LogP contribution is -1.89. The highest BCUT2D eigenvalue weighted by atomic mass is 19.1. The van der Waals surface area contributed by atoms with Crippen molar-refractivity contribution in [1.82, 2.24) is 0 Å². The van der Waals surface area contributed by atoms with E-state index >= 15 is 0 Å². The van der Waals surface area contributed by atoms with Gasteiger partial charge in [0.1, 0.15) is 11.6 Å². The summed E-state index contributed by atoms with van der Waals surface area (Å²) in [6.45, 7) is 0. The van der Waals surface area contributed by atoms with E-state index in [1.54, 1.807) is 12.2 Å². The van der Waals surface area contributed by atoms with Gasteiger partial charge in [0, 0.05) is 5.56 Å². The van der Waals surface area contributed by atoms with Crippen LogP contribution in [0.5, 0.6) is 0 Å². The molecule has 2 heteroatoms. The molecule has 0 bridgehead atoms. The van der Waals surface area contributed by atoms with Gasteiger partial charge in [-0.2, -0.15) is 0 Å². The lowest BCUT2D eigenvalue weighted by Gasteiger charge is -1.98. The predicted octanol–water partition coefficient (Wildman–Crippen LogP) is 2.33. The highest BCUT2D eigenvalue weighted by molar-refractivity contribution is 5.60. The maximum absolute atomic E-state index is 12.8. The van der Waals surface area contributed by atoms with Gasteiger partial charge in [-0.3, -0.25) is 0 Å². The third kappa shape index (κ3) is 0.946. The van der Waals surface area contributed by atoms with Crippen LogP contribution in [0.3, 0.4) is 0 Å². The van der Waals surface area contributed by atoms with Crippen LogP contribution >= 0.6 is 0 Å². The largest absolute Gasteiger partial charge is 0.206 e. The Hall–Kier alpha value is -1.18. The molecule has 0 saturated heterocycles. The number of allylic oxidation sites excluding steroid dienone is 1. The number of fused-ring (bicyclic) bond motifs is 1. The summed E-state index contributed by atoms with van der Waals surface area (Å²) in [6.07, 6.45) is 4.08. The summed E-state index contributed by atoms with van der Waals surface area (Å²) in [7, 11) is 0. The van der Waals surface area contributed by atoms with Crippen molar-refractivity contribution in [3.63, 3.8) is 0 Å². The van der Waals surface area contributed by atoms with E-state index in [2.05, 4.69) is 0 Å². The van der Waals surface area contributed by atoms with E-state index in [1.165, 1.54) is 6.07 Å². The van der Waals surface area contributed by atoms with Gasteiger partial charge in [0.05, 0.1) is 6.07 Å². The molecule has 0 heterocycles. The second-order valence-electron chi connectivity index (χ2n) is 2.48. The second kappa shape index (κ2) is 2.16. The highest BCUT2D eigenvalue weighted by Gasteiger charge is 2.11. The van der Waals surface area contributed by atoms with Crippen LogP contribution in [0.25, 0.3) is 6.08 Å². The molecule has 1 aromatic rings. The van der Waals surface area contributed by atoms with Gasteiger partial charge in [-0.05, 0) is 18.1 Å². The topological polar surface area (TPSA) is 0 Å². The third-order valence-electron chi connectivity index (χ3n) is 1.73. The van der Waals surface area contributed by atoms with E-state index in [0.29, 0.717) is 17.5 Å². The summed E-state index contributed by atoms with van der Waals surface area (Å²) in [4.78, 5) is 0. The maximum Gasteiger partial charge on any atom is 0.141 e. The first-order chi connectivity index (χ1) is 5.27. The molecule has 0 atom stereocenters. The Morgan fingerprint density at radius 2 is 2.18 bits per heavy atom. The first-order valence-corrected chi connectivity index (χ1v) is 3.34. The Balaban J connectivity index is 2.67. The van der Waals surface area contributed by atoms with Gasteiger partial charge in [0.25, 0.3) is 0 Å². The molecular formula is C9H5F2. The number of halogens is 2. The van der Waals surface area contributed by atoms with E-state index in [0.717, 1.165) is 0 Å². The van der Waals surface area contributed by atoms with Crippen molar-refractivity contribution in [3.8, 4) is 0 Å². The average molecular weight is 151 g/mol. The monoisotopic (exact) mass is 151 g/mol. The van der Waals surface area contributed by atoms with Gasteiger partial charge in [0.15, 0.2) is 0 Å². The first kappa shape index (κ1) is 6.53. The molecule has 0 spiro atoms. The van der Waals surface area contributed by atoms with Crippen LogP contribution in [0.1, 0.15) is 11.1 Å². The molecule has 1 aliphatic carbocycles. The van der Waals surface area contributed by atoms with Crippen LogP contribution in [0.15, 0.2) is 12.1 Å². The smallest absolute Gasteiger partial charge is 0.141 e. The molecule has 11 heavy (non-hydrogen) atoms. The molecule has 55 valence electrons. The van der Waals surface area contributed by atoms with Gasteiger partial charge >= 0.3 is 0 Å². The lowest BCUT2D eigenvalue weighted by atomic mass is 10.1. The van der Waals surface area contributed by atoms with Crippen molar-refractivity contribution in [3.05, 3.63) is 41.0 Å². The molecule has 0 fully saturated rings. The third-order valence-corrected chi connectivity index (χ3v) is 1.73. The molecule has 1 radical (unpaired) electrons. The molecule has 1 aromatic carbocycles. The summed E-state index contributed by atoms with van der Waals surface area (Å²) in [5, 5.41) is 0. The standard InChI is InChI=1S/C9H5F2/c10-7-4-6-2-1-3-8(6)9(11)5-7/h1,3-4H,2H2. The van der Waals surface area contributed by atoms with Gasteiger partial charge < -0.3 is 0 Å². The van der Waals surface area contributed by atoms with Crippen molar-refractivity contribution < 1.29 is 8.78 Å². The number of hydrogen-bond donors (Lipinski definition) is 0. The van der Waals surface area contributed by atoms with E-state index in [-0.39, 0.29) is 0 Å². The van der Waals surface area contributed by atoms with Crippen LogP contribution in [0.4, 0.5) is 8.78 Å².